The number of carbonyl (C=O) groups excluding carboxylic acids is 2. The summed E-state index contributed by atoms with van der Waals surface area (Å²) in [4.78, 5) is 38.4. The molecule has 6 nitrogen and oxygen atoms in total. The van der Waals surface area contributed by atoms with E-state index in [2.05, 4.69) is 5.32 Å². The van der Waals surface area contributed by atoms with Gasteiger partial charge in [0.1, 0.15) is 0 Å². The van der Waals surface area contributed by atoms with E-state index in [1.165, 1.54) is 0 Å². The fourth-order valence-electron chi connectivity index (χ4n) is 3.56. The van der Waals surface area contributed by atoms with Crippen LogP contribution >= 0.6 is 0 Å². The number of rotatable bonds is 6. The number of carboxylic acids is 1. The minimum absolute atomic E-state index is 0.0769. The van der Waals surface area contributed by atoms with Gasteiger partial charge in [-0.05, 0) is 37.5 Å². The number of carboxylic acid groups (broad SMARTS) is 1. The van der Waals surface area contributed by atoms with Gasteiger partial charge in [0.15, 0.2) is 0 Å². The summed E-state index contributed by atoms with van der Waals surface area (Å²) >= 11 is 0. The van der Waals surface area contributed by atoms with Gasteiger partial charge in [-0.3, -0.25) is 14.4 Å². The number of nitrogens with one attached hydrogen (secondary N) is 1. The molecular weight excluding hydrogens is 368 g/mol. The highest BCUT2D eigenvalue weighted by molar-refractivity contribution is 5.94. The third kappa shape index (κ3) is 5.44. The molecule has 2 aromatic carbocycles. The lowest BCUT2D eigenvalue weighted by molar-refractivity contribution is -0.145. The van der Waals surface area contributed by atoms with Crippen LogP contribution in [0.4, 0.5) is 0 Å². The predicted molar refractivity (Wildman–Crippen MR) is 109 cm³/mol. The third-order valence-electron chi connectivity index (χ3n) is 5.40. The second kappa shape index (κ2) is 9.37. The first kappa shape index (κ1) is 20.6. The van der Waals surface area contributed by atoms with Crippen LogP contribution in [0.1, 0.15) is 46.8 Å². The van der Waals surface area contributed by atoms with Crippen LogP contribution in [0.5, 0.6) is 0 Å². The summed E-state index contributed by atoms with van der Waals surface area (Å²) < 4.78 is 0. The average molecular weight is 394 g/mol. The van der Waals surface area contributed by atoms with Gasteiger partial charge < -0.3 is 15.3 Å². The number of benzene rings is 2. The lowest BCUT2D eigenvalue weighted by Gasteiger charge is -2.31. The van der Waals surface area contributed by atoms with Crippen LogP contribution in [0, 0.1) is 12.8 Å². The molecule has 29 heavy (non-hydrogen) atoms. The van der Waals surface area contributed by atoms with Gasteiger partial charge in [-0.2, -0.15) is 0 Å². The van der Waals surface area contributed by atoms with E-state index in [9.17, 15) is 14.4 Å². The Hall–Kier alpha value is -3.15. The molecule has 1 saturated heterocycles. The minimum Gasteiger partial charge on any atom is -0.481 e. The van der Waals surface area contributed by atoms with Crippen LogP contribution < -0.4 is 5.32 Å². The van der Waals surface area contributed by atoms with E-state index in [0.29, 0.717) is 31.5 Å². The second-order valence-electron chi connectivity index (χ2n) is 7.50. The van der Waals surface area contributed by atoms with Crippen molar-refractivity contribution >= 4 is 17.8 Å². The molecule has 1 unspecified atom stereocenters. The van der Waals surface area contributed by atoms with E-state index < -0.39 is 12.0 Å². The van der Waals surface area contributed by atoms with Crippen molar-refractivity contribution in [1.82, 2.24) is 10.2 Å². The van der Waals surface area contributed by atoms with Crippen molar-refractivity contribution in [3.8, 4) is 0 Å². The summed E-state index contributed by atoms with van der Waals surface area (Å²) in [5, 5.41) is 12.1. The molecule has 0 aliphatic carbocycles. The highest BCUT2D eigenvalue weighted by atomic mass is 16.4. The van der Waals surface area contributed by atoms with Gasteiger partial charge in [-0.1, -0.05) is 48.0 Å². The Morgan fingerprint density at radius 2 is 1.66 bits per heavy atom. The molecule has 1 aliphatic rings. The minimum atomic E-state index is -0.801. The molecule has 0 aromatic heterocycles. The molecule has 6 heteroatoms. The van der Waals surface area contributed by atoms with E-state index in [1.807, 2.05) is 49.4 Å². The Morgan fingerprint density at radius 1 is 1.03 bits per heavy atom. The molecule has 1 atom stereocenters. The fraction of sp³-hybridized carbons (Fsp3) is 0.348. The maximum absolute atomic E-state index is 12.8. The van der Waals surface area contributed by atoms with Crippen molar-refractivity contribution in [1.29, 1.82) is 0 Å². The average Bonchev–Trinajstić information content (AvgIpc) is 2.74. The quantitative estimate of drug-likeness (QED) is 0.788. The zero-order valence-corrected chi connectivity index (χ0v) is 16.5. The summed E-state index contributed by atoms with van der Waals surface area (Å²) in [6.07, 6.45) is 1.07. The Bertz CT molecular complexity index is 856. The zero-order chi connectivity index (χ0) is 20.8. The van der Waals surface area contributed by atoms with Crippen LogP contribution in [0.15, 0.2) is 54.6 Å². The van der Waals surface area contributed by atoms with Gasteiger partial charge in [0, 0.05) is 18.7 Å². The Balaban J connectivity index is 1.69. The Labute approximate surface area is 170 Å². The number of nitrogens with zero attached hydrogens (tertiary/aromatic N) is 1. The second-order valence-corrected chi connectivity index (χ2v) is 7.50. The van der Waals surface area contributed by atoms with Crippen molar-refractivity contribution < 1.29 is 19.5 Å². The van der Waals surface area contributed by atoms with Crippen molar-refractivity contribution in [2.45, 2.75) is 32.2 Å². The molecule has 2 aromatic rings. The summed E-state index contributed by atoms with van der Waals surface area (Å²) in [6.45, 7) is 2.83. The molecule has 0 saturated carbocycles. The standard InChI is InChI=1S/C23H26N2O4/c1-16-7-9-18(10-8-16)22(27)24-20(17-5-3-2-4-6-17)15-21(26)25-13-11-19(12-14-25)23(28)29/h2-10,19-20H,11-15H2,1H3,(H,24,27)(H,28,29). The molecule has 1 aliphatic heterocycles. The van der Waals surface area contributed by atoms with Crippen LogP contribution in [0.2, 0.25) is 0 Å². The van der Waals surface area contributed by atoms with E-state index in [4.69, 9.17) is 5.11 Å². The molecule has 0 bridgehead atoms. The lowest BCUT2D eigenvalue weighted by atomic mass is 9.96. The van der Waals surface area contributed by atoms with Crippen molar-refractivity contribution in [3.05, 3.63) is 71.3 Å². The van der Waals surface area contributed by atoms with Gasteiger partial charge in [0.2, 0.25) is 5.91 Å². The summed E-state index contributed by atoms with van der Waals surface area (Å²) in [5.74, 6) is -1.49. The fourth-order valence-corrected chi connectivity index (χ4v) is 3.56. The van der Waals surface area contributed by atoms with Crippen LogP contribution in [0.25, 0.3) is 0 Å². The predicted octanol–water partition coefficient (Wildman–Crippen LogP) is 3.18. The third-order valence-corrected chi connectivity index (χ3v) is 5.40. The maximum atomic E-state index is 12.8. The molecule has 152 valence electrons. The topological polar surface area (TPSA) is 86.7 Å². The molecule has 0 spiro atoms. The number of amides is 2. The molecule has 0 radical (unpaired) electrons. The lowest BCUT2D eigenvalue weighted by Crippen LogP contribution is -2.42. The largest absolute Gasteiger partial charge is 0.481 e. The number of likely N-dealkylation sites (tertiary alicyclic amines) is 1. The maximum Gasteiger partial charge on any atom is 0.306 e. The molecule has 2 amide bonds. The van der Waals surface area contributed by atoms with E-state index in [1.54, 1.807) is 17.0 Å². The number of hydrogen-bond acceptors (Lipinski definition) is 3. The van der Waals surface area contributed by atoms with Gasteiger partial charge in [-0.25, -0.2) is 0 Å². The van der Waals surface area contributed by atoms with Crippen LogP contribution in [-0.4, -0.2) is 40.9 Å². The first-order valence-corrected chi connectivity index (χ1v) is 9.87. The summed E-state index contributed by atoms with van der Waals surface area (Å²) in [6, 6.07) is 16.3. The normalized spacial score (nSPS) is 15.6. The molecular formula is C23H26N2O4. The number of carbonyl (C=O) groups is 3. The smallest absolute Gasteiger partial charge is 0.306 e. The van der Waals surface area contributed by atoms with Gasteiger partial charge in [0.25, 0.3) is 5.91 Å². The SMILES string of the molecule is Cc1ccc(C(=O)NC(CC(=O)N2CCC(C(=O)O)CC2)c2ccccc2)cc1. The highest BCUT2D eigenvalue weighted by Gasteiger charge is 2.29. The van der Waals surface area contributed by atoms with Gasteiger partial charge in [0.05, 0.1) is 18.4 Å². The van der Waals surface area contributed by atoms with E-state index in [0.717, 1.165) is 11.1 Å². The van der Waals surface area contributed by atoms with Gasteiger partial charge >= 0.3 is 5.97 Å². The summed E-state index contributed by atoms with van der Waals surface area (Å²) in [7, 11) is 0. The zero-order valence-electron chi connectivity index (χ0n) is 16.5. The van der Waals surface area contributed by atoms with Crippen molar-refractivity contribution in [3.63, 3.8) is 0 Å². The number of aliphatic carboxylic acids is 1. The Morgan fingerprint density at radius 3 is 2.24 bits per heavy atom. The molecule has 1 heterocycles. The van der Waals surface area contributed by atoms with Crippen LogP contribution in [0.3, 0.4) is 0 Å². The van der Waals surface area contributed by atoms with Crippen molar-refractivity contribution in [2.24, 2.45) is 5.92 Å². The number of aryl methyl sites for hydroxylation is 1. The summed E-state index contributed by atoms with van der Waals surface area (Å²) in [5.41, 5.74) is 2.48. The first-order valence-electron chi connectivity index (χ1n) is 9.87. The van der Waals surface area contributed by atoms with Crippen LogP contribution in [-0.2, 0) is 9.59 Å². The monoisotopic (exact) mass is 394 g/mol. The van der Waals surface area contributed by atoms with Crippen molar-refractivity contribution in [2.75, 3.05) is 13.1 Å². The number of piperidine rings is 1. The molecule has 1 fully saturated rings. The first-order chi connectivity index (χ1) is 13.9. The molecule has 2 N–H and O–H groups in total. The molecule has 3 rings (SSSR count). The van der Waals surface area contributed by atoms with E-state index in [-0.39, 0.29) is 24.2 Å². The highest BCUT2D eigenvalue weighted by Crippen LogP contribution is 2.22. The number of hydrogen-bond donors (Lipinski definition) is 2. The van der Waals surface area contributed by atoms with Gasteiger partial charge in [-0.15, -0.1) is 0 Å². The van der Waals surface area contributed by atoms with E-state index >= 15 is 0 Å². The Kier molecular flexibility index (Phi) is 6.65.